The first-order chi connectivity index (χ1) is 9.08. The predicted octanol–water partition coefficient (Wildman–Crippen LogP) is 2.26. The van der Waals surface area contributed by atoms with Crippen molar-refractivity contribution in [2.75, 3.05) is 20.7 Å². The monoisotopic (exact) mass is 261 g/mol. The molecule has 4 heteroatoms. The molecule has 0 amide bonds. The van der Waals surface area contributed by atoms with E-state index >= 15 is 0 Å². The van der Waals surface area contributed by atoms with E-state index in [1.807, 2.05) is 31.1 Å². The summed E-state index contributed by atoms with van der Waals surface area (Å²) in [5, 5.41) is 8.76. The summed E-state index contributed by atoms with van der Waals surface area (Å²) in [6, 6.07) is 6.06. The average Bonchev–Trinajstić information content (AvgIpc) is 2.38. The lowest BCUT2D eigenvalue weighted by Gasteiger charge is -2.24. The number of benzene rings is 1. The zero-order valence-electron chi connectivity index (χ0n) is 11.3. The quantitative estimate of drug-likeness (QED) is 0.845. The van der Waals surface area contributed by atoms with Crippen molar-refractivity contribution < 1.29 is 14.6 Å². The van der Waals surface area contributed by atoms with Crippen LogP contribution in [-0.4, -0.2) is 36.7 Å². The Hall–Kier alpha value is -1.81. The van der Waals surface area contributed by atoms with Gasteiger partial charge in [0.15, 0.2) is 0 Å². The highest BCUT2D eigenvalue weighted by Gasteiger charge is 2.16. The van der Waals surface area contributed by atoms with Gasteiger partial charge in [0.05, 0.1) is 12.6 Å². The molecule has 1 aliphatic heterocycles. The van der Waals surface area contributed by atoms with Crippen molar-refractivity contribution in [3.8, 4) is 5.75 Å². The molecule has 0 radical (unpaired) electrons. The summed E-state index contributed by atoms with van der Waals surface area (Å²) < 4.78 is 5.59. The Bertz CT molecular complexity index is 494. The average molecular weight is 261 g/mol. The van der Waals surface area contributed by atoms with E-state index in [4.69, 9.17) is 9.84 Å². The maximum Gasteiger partial charge on any atom is 0.328 e. The number of hydrogen-bond acceptors (Lipinski definition) is 3. The van der Waals surface area contributed by atoms with Crippen LogP contribution in [0, 0.1) is 0 Å². The van der Waals surface area contributed by atoms with Gasteiger partial charge in [0.25, 0.3) is 0 Å². The molecule has 0 aromatic heterocycles. The number of ether oxygens (including phenoxy) is 1. The highest BCUT2D eigenvalue weighted by atomic mass is 16.5. The standard InChI is InChI=1S/C15H19NO3/c1-16(2)13(6-8-15(17)18)11-5-7-14-12(10-11)4-3-9-19-14/h5-8,10,13H,3-4,9H2,1-2H3,(H,17,18)/b8-6+. The van der Waals surface area contributed by atoms with Crippen molar-refractivity contribution in [3.05, 3.63) is 41.5 Å². The van der Waals surface area contributed by atoms with Gasteiger partial charge in [-0.2, -0.15) is 0 Å². The van der Waals surface area contributed by atoms with E-state index in [0.29, 0.717) is 0 Å². The fourth-order valence-electron chi connectivity index (χ4n) is 2.32. The molecule has 4 nitrogen and oxygen atoms in total. The van der Waals surface area contributed by atoms with Gasteiger partial charge >= 0.3 is 5.97 Å². The molecule has 0 spiro atoms. The largest absolute Gasteiger partial charge is 0.493 e. The molecule has 1 atom stereocenters. The lowest BCUT2D eigenvalue weighted by atomic mass is 9.98. The molecule has 1 heterocycles. The van der Waals surface area contributed by atoms with Gasteiger partial charge in [-0.3, -0.25) is 4.90 Å². The molecule has 1 aromatic rings. The van der Waals surface area contributed by atoms with Crippen molar-refractivity contribution in [3.63, 3.8) is 0 Å². The molecule has 1 unspecified atom stereocenters. The molecule has 0 bridgehead atoms. The normalized spacial score (nSPS) is 16.2. The molecule has 0 aliphatic carbocycles. The summed E-state index contributed by atoms with van der Waals surface area (Å²) in [4.78, 5) is 12.7. The van der Waals surface area contributed by atoms with Crippen molar-refractivity contribution in [1.82, 2.24) is 4.90 Å². The van der Waals surface area contributed by atoms with E-state index in [0.717, 1.165) is 30.8 Å². The van der Waals surface area contributed by atoms with Crippen LogP contribution in [-0.2, 0) is 11.2 Å². The Labute approximate surface area is 113 Å². The van der Waals surface area contributed by atoms with Crippen LogP contribution < -0.4 is 4.74 Å². The Morgan fingerprint density at radius 2 is 2.26 bits per heavy atom. The third-order valence-electron chi connectivity index (χ3n) is 3.25. The molecular formula is C15H19NO3. The zero-order valence-corrected chi connectivity index (χ0v) is 11.3. The fraction of sp³-hybridized carbons (Fsp3) is 0.400. The molecule has 1 aliphatic rings. The number of aryl methyl sites for hydroxylation is 1. The summed E-state index contributed by atoms with van der Waals surface area (Å²) in [5.74, 6) is 0.0304. The second-order valence-electron chi connectivity index (χ2n) is 4.92. The van der Waals surface area contributed by atoms with Gasteiger partial charge in [-0.1, -0.05) is 18.2 Å². The SMILES string of the molecule is CN(C)C(/C=C/C(=O)O)c1ccc2c(c1)CCCO2. The second kappa shape index (κ2) is 5.89. The van der Waals surface area contributed by atoms with Crippen molar-refractivity contribution >= 4 is 5.97 Å². The minimum absolute atomic E-state index is 0.0386. The summed E-state index contributed by atoms with van der Waals surface area (Å²) in [5.41, 5.74) is 2.30. The van der Waals surface area contributed by atoms with Gasteiger partial charge < -0.3 is 9.84 Å². The van der Waals surface area contributed by atoms with E-state index in [1.54, 1.807) is 6.08 Å². The molecule has 1 aromatic carbocycles. The number of nitrogens with zero attached hydrogens (tertiary/aromatic N) is 1. The van der Waals surface area contributed by atoms with Crippen molar-refractivity contribution in [2.45, 2.75) is 18.9 Å². The Morgan fingerprint density at radius 1 is 1.47 bits per heavy atom. The highest BCUT2D eigenvalue weighted by Crippen LogP contribution is 2.29. The lowest BCUT2D eigenvalue weighted by Crippen LogP contribution is -2.19. The number of carbonyl (C=O) groups is 1. The van der Waals surface area contributed by atoms with Gasteiger partial charge in [0.1, 0.15) is 5.75 Å². The number of likely N-dealkylation sites (N-methyl/N-ethyl adjacent to an activating group) is 1. The van der Waals surface area contributed by atoms with Crippen LogP contribution in [0.5, 0.6) is 5.75 Å². The van der Waals surface area contributed by atoms with Crippen LogP contribution in [0.15, 0.2) is 30.4 Å². The van der Waals surface area contributed by atoms with Gasteiger partial charge in [-0.15, -0.1) is 0 Å². The summed E-state index contributed by atoms with van der Waals surface area (Å²) >= 11 is 0. The molecule has 2 rings (SSSR count). The third kappa shape index (κ3) is 3.35. The topological polar surface area (TPSA) is 49.8 Å². The van der Waals surface area contributed by atoms with Crippen molar-refractivity contribution in [1.29, 1.82) is 0 Å². The van der Waals surface area contributed by atoms with E-state index in [2.05, 4.69) is 6.07 Å². The van der Waals surface area contributed by atoms with Crippen LogP contribution >= 0.6 is 0 Å². The molecule has 102 valence electrons. The summed E-state index contributed by atoms with van der Waals surface area (Å²) in [6.45, 7) is 0.780. The molecule has 0 fully saturated rings. The number of aliphatic carboxylic acids is 1. The Morgan fingerprint density at radius 3 is 2.95 bits per heavy atom. The maximum atomic E-state index is 10.7. The van der Waals surface area contributed by atoms with Crippen LogP contribution in [0.3, 0.4) is 0 Å². The minimum atomic E-state index is -0.923. The molecule has 1 N–H and O–H groups in total. The first-order valence-electron chi connectivity index (χ1n) is 6.41. The van der Waals surface area contributed by atoms with E-state index in [9.17, 15) is 4.79 Å². The van der Waals surface area contributed by atoms with Crippen LogP contribution in [0.4, 0.5) is 0 Å². The number of fused-ring (bicyclic) bond motifs is 1. The van der Waals surface area contributed by atoms with Gasteiger partial charge in [0, 0.05) is 6.08 Å². The maximum absolute atomic E-state index is 10.7. The van der Waals surface area contributed by atoms with Crippen molar-refractivity contribution in [2.24, 2.45) is 0 Å². The fourth-order valence-corrected chi connectivity index (χ4v) is 2.32. The van der Waals surface area contributed by atoms with E-state index in [1.165, 1.54) is 11.6 Å². The van der Waals surface area contributed by atoms with Crippen LogP contribution in [0.25, 0.3) is 0 Å². The zero-order chi connectivity index (χ0) is 13.8. The summed E-state index contributed by atoms with van der Waals surface area (Å²) in [6.07, 6.45) is 4.95. The third-order valence-corrected chi connectivity index (χ3v) is 3.25. The van der Waals surface area contributed by atoms with E-state index in [-0.39, 0.29) is 6.04 Å². The van der Waals surface area contributed by atoms with E-state index < -0.39 is 5.97 Å². The minimum Gasteiger partial charge on any atom is -0.493 e. The highest BCUT2D eigenvalue weighted by molar-refractivity contribution is 5.79. The Kier molecular flexibility index (Phi) is 4.22. The van der Waals surface area contributed by atoms with Crippen LogP contribution in [0.1, 0.15) is 23.6 Å². The molecule has 0 saturated carbocycles. The van der Waals surface area contributed by atoms with Gasteiger partial charge in [0.2, 0.25) is 0 Å². The molecule has 19 heavy (non-hydrogen) atoms. The van der Waals surface area contributed by atoms with Gasteiger partial charge in [-0.25, -0.2) is 4.79 Å². The Balaban J connectivity index is 2.29. The number of carboxylic acids is 1. The summed E-state index contributed by atoms with van der Waals surface area (Å²) in [7, 11) is 3.87. The number of carboxylic acid groups (broad SMARTS) is 1. The second-order valence-corrected chi connectivity index (χ2v) is 4.92. The lowest BCUT2D eigenvalue weighted by molar-refractivity contribution is -0.131. The molecule has 0 saturated heterocycles. The predicted molar refractivity (Wildman–Crippen MR) is 73.5 cm³/mol. The molecular weight excluding hydrogens is 242 g/mol. The number of rotatable bonds is 4. The first kappa shape index (κ1) is 13.6. The van der Waals surface area contributed by atoms with Gasteiger partial charge in [-0.05, 0) is 44.1 Å². The van der Waals surface area contributed by atoms with Crippen LogP contribution in [0.2, 0.25) is 0 Å². The smallest absolute Gasteiger partial charge is 0.328 e. The number of hydrogen-bond donors (Lipinski definition) is 1. The first-order valence-corrected chi connectivity index (χ1v) is 6.41.